The highest BCUT2D eigenvalue weighted by molar-refractivity contribution is 6.11. The molecule has 0 aromatic heterocycles. The number of aliphatic hydroxyl groups is 1. The summed E-state index contributed by atoms with van der Waals surface area (Å²) in [4.78, 5) is 26.4. The smallest absolute Gasteiger partial charge is 0.230 e. The number of Topliss-reactive ketones (excluding diaryl/α,β-unsaturated/α-hetero) is 1. The van der Waals surface area contributed by atoms with E-state index in [-0.39, 0.29) is 18.1 Å². The van der Waals surface area contributed by atoms with Gasteiger partial charge in [-0.15, -0.1) is 0 Å². The minimum atomic E-state index is -1.72. The average Bonchev–Trinajstić information content (AvgIpc) is 2.45. The minimum Gasteiger partial charge on any atom is -0.363 e. The van der Waals surface area contributed by atoms with Crippen LogP contribution in [0, 0.1) is 11.2 Å². The van der Waals surface area contributed by atoms with Crippen molar-refractivity contribution in [1.82, 2.24) is 0 Å². The van der Waals surface area contributed by atoms with E-state index in [2.05, 4.69) is 0 Å². The summed E-state index contributed by atoms with van der Waals surface area (Å²) in [5.41, 5.74) is -0.617. The monoisotopic (exact) mass is 329 g/mol. The molecule has 4 nitrogen and oxygen atoms in total. The number of amides is 1. The number of nitrogens with zero attached hydrogens (tertiary/aromatic N) is 1. The van der Waals surface area contributed by atoms with Crippen LogP contribution in [0.3, 0.4) is 0 Å². The molecule has 5 heteroatoms. The van der Waals surface area contributed by atoms with Crippen molar-refractivity contribution in [3.8, 4) is 0 Å². The van der Waals surface area contributed by atoms with Crippen molar-refractivity contribution in [2.45, 2.75) is 39.8 Å². The molecule has 1 fully saturated rings. The number of hydrogen-bond donors (Lipinski definition) is 1. The van der Waals surface area contributed by atoms with Gasteiger partial charge in [-0.25, -0.2) is 4.39 Å². The molecule has 0 radical (unpaired) electrons. The fraction of sp³-hybridized carbons (Fsp3) is 0.368. The van der Waals surface area contributed by atoms with E-state index in [0.29, 0.717) is 22.4 Å². The van der Waals surface area contributed by atoms with Crippen molar-refractivity contribution < 1.29 is 19.1 Å². The summed E-state index contributed by atoms with van der Waals surface area (Å²) in [6.45, 7) is 6.99. The number of ketones is 1. The van der Waals surface area contributed by atoms with E-state index in [1.54, 1.807) is 13.8 Å². The Kier molecular flexibility index (Phi) is 3.53. The molecule has 1 amide bonds. The maximum Gasteiger partial charge on any atom is 0.230 e. The Labute approximate surface area is 140 Å². The number of rotatable bonds is 1. The van der Waals surface area contributed by atoms with Crippen LogP contribution in [0.25, 0.3) is 0 Å². The third-order valence-corrected chi connectivity index (χ3v) is 4.80. The molecule has 1 atom stereocenters. The van der Waals surface area contributed by atoms with Crippen LogP contribution in [0.4, 0.5) is 10.1 Å². The van der Waals surface area contributed by atoms with Gasteiger partial charge in [0.05, 0.1) is 0 Å². The zero-order valence-corrected chi connectivity index (χ0v) is 14.2. The minimum absolute atomic E-state index is 0.129. The predicted molar refractivity (Wildman–Crippen MR) is 88.7 cm³/mol. The lowest BCUT2D eigenvalue weighted by Crippen LogP contribution is -2.61. The molecule has 1 N–H and O–H groups in total. The van der Waals surface area contributed by atoms with E-state index >= 15 is 0 Å². The number of allylic oxidation sites excluding steroid dienone is 2. The molecule has 1 aromatic rings. The Bertz CT molecular complexity index is 804. The molecule has 1 unspecified atom stereocenters. The summed E-state index contributed by atoms with van der Waals surface area (Å²) >= 11 is 0. The van der Waals surface area contributed by atoms with E-state index in [9.17, 15) is 19.1 Å². The van der Waals surface area contributed by atoms with Gasteiger partial charge >= 0.3 is 0 Å². The van der Waals surface area contributed by atoms with Crippen LogP contribution < -0.4 is 4.90 Å². The van der Waals surface area contributed by atoms with Gasteiger partial charge < -0.3 is 5.11 Å². The summed E-state index contributed by atoms with van der Waals surface area (Å²) in [5, 5.41) is 11.5. The van der Waals surface area contributed by atoms with Gasteiger partial charge in [-0.3, -0.25) is 14.5 Å². The lowest BCUT2D eigenvalue weighted by atomic mass is 9.66. The van der Waals surface area contributed by atoms with E-state index in [4.69, 9.17) is 0 Å². The van der Waals surface area contributed by atoms with Crippen molar-refractivity contribution in [1.29, 1.82) is 0 Å². The standard InChI is InChI=1S/C19H20FNO3/c1-11-9-19(24)17(12(2)16(11)23)18(3,4)10-15(22)21(19)14-7-5-13(20)6-8-14/h5-9,24H,10H2,1-4H3. The fourth-order valence-corrected chi connectivity index (χ4v) is 3.97. The molecule has 1 aromatic carbocycles. The van der Waals surface area contributed by atoms with Gasteiger partial charge in [0.1, 0.15) is 5.82 Å². The number of carbonyl (C=O) groups is 2. The molecular weight excluding hydrogens is 309 g/mol. The SMILES string of the molecule is CC1=CC2(O)C(=C(C)C1=O)C(C)(C)CC(=O)N2c1ccc(F)cc1. The van der Waals surface area contributed by atoms with Crippen molar-refractivity contribution >= 4 is 17.4 Å². The molecular formula is C19H20FNO3. The molecule has 0 spiro atoms. The molecule has 0 bridgehead atoms. The largest absolute Gasteiger partial charge is 0.363 e. The van der Waals surface area contributed by atoms with Crippen molar-refractivity contribution in [3.63, 3.8) is 0 Å². The Hall–Kier alpha value is -2.27. The molecule has 0 saturated carbocycles. The maximum atomic E-state index is 13.2. The van der Waals surface area contributed by atoms with Crippen LogP contribution >= 0.6 is 0 Å². The third kappa shape index (κ3) is 2.23. The van der Waals surface area contributed by atoms with E-state index < -0.39 is 17.0 Å². The van der Waals surface area contributed by atoms with E-state index in [1.165, 1.54) is 35.2 Å². The second kappa shape index (κ2) is 5.11. The second-order valence-corrected chi connectivity index (χ2v) is 7.15. The van der Waals surface area contributed by atoms with Crippen molar-refractivity contribution in [3.05, 3.63) is 52.9 Å². The van der Waals surface area contributed by atoms with Crippen molar-refractivity contribution in [2.24, 2.45) is 5.41 Å². The van der Waals surface area contributed by atoms with Gasteiger partial charge in [-0.1, -0.05) is 13.8 Å². The van der Waals surface area contributed by atoms with Crippen LogP contribution in [0.5, 0.6) is 0 Å². The summed E-state index contributed by atoms with van der Waals surface area (Å²) < 4.78 is 13.2. The normalized spacial score (nSPS) is 26.4. The highest BCUT2D eigenvalue weighted by Gasteiger charge is 2.54. The highest BCUT2D eigenvalue weighted by atomic mass is 19.1. The van der Waals surface area contributed by atoms with Gasteiger partial charge in [-0.05, 0) is 55.3 Å². The third-order valence-electron chi connectivity index (χ3n) is 4.80. The first kappa shape index (κ1) is 16.6. The molecule has 3 rings (SSSR count). The van der Waals surface area contributed by atoms with Gasteiger partial charge in [0.25, 0.3) is 0 Å². The summed E-state index contributed by atoms with van der Waals surface area (Å²) in [5.74, 6) is -0.826. The predicted octanol–water partition coefficient (Wildman–Crippen LogP) is 3.12. The molecule has 24 heavy (non-hydrogen) atoms. The molecule has 1 aliphatic heterocycles. The van der Waals surface area contributed by atoms with Crippen LogP contribution in [0.15, 0.2) is 47.1 Å². The second-order valence-electron chi connectivity index (χ2n) is 7.15. The number of carbonyl (C=O) groups excluding carboxylic acids is 2. The summed E-state index contributed by atoms with van der Waals surface area (Å²) in [7, 11) is 0. The zero-order valence-electron chi connectivity index (χ0n) is 14.2. The van der Waals surface area contributed by atoms with Crippen molar-refractivity contribution in [2.75, 3.05) is 4.90 Å². The summed E-state index contributed by atoms with van der Waals surface area (Å²) in [6.07, 6.45) is 1.58. The van der Waals surface area contributed by atoms with E-state index in [0.717, 1.165) is 0 Å². The Balaban J connectivity index is 2.27. The first-order valence-corrected chi connectivity index (χ1v) is 7.85. The van der Waals surface area contributed by atoms with Crippen LogP contribution in [-0.4, -0.2) is 22.5 Å². The first-order chi connectivity index (χ1) is 11.1. The van der Waals surface area contributed by atoms with Crippen LogP contribution in [0.2, 0.25) is 0 Å². The summed E-state index contributed by atoms with van der Waals surface area (Å²) in [6, 6.07) is 5.39. The van der Waals surface area contributed by atoms with Gasteiger partial charge in [0.2, 0.25) is 5.91 Å². The Morgan fingerprint density at radius 2 is 1.71 bits per heavy atom. The topological polar surface area (TPSA) is 57.6 Å². The molecule has 1 heterocycles. The van der Waals surface area contributed by atoms with Gasteiger partial charge in [-0.2, -0.15) is 0 Å². The fourth-order valence-electron chi connectivity index (χ4n) is 3.97. The number of hydrogen-bond acceptors (Lipinski definition) is 3. The molecule has 1 saturated heterocycles. The lowest BCUT2D eigenvalue weighted by molar-refractivity contribution is -0.126. The van der Waals surface area contributed by atoms with E-state index in [1.807, 2.05) is 13.8 Å². The highest BCUT2D eigenvalue weighted by Crippen LogP contribution is 2.50. The van der Waals surface area contributed by atoms with Gasteiger partial charge in [0, 0.05) is 23.1 Å². The average molecular weight is 329 g/mol. The number of halogens is 1. The maximum absolute atomic E-state index is 13.2. The number of piperidine rings is 1. The van der Waals surface area contributed by atoms with Crippen LogP contribution in [-0.2, 0) is 9.59 Å². The molecule has 126 valence electrons. The number of anilines is 1. The van der Waals surface area contributed by atoms with Crippen LogP contribution in [0.1, 0.15) is 34.1 Å². The Morgan fingerprint density at radius 1 is 1.12 bits per heavy atom. The molecule has 1 aliphatic carbocycles. The zero-order chi connectivity index (χ0) is 17.9. The quantitative estimate of drug-likeness (QED) is 0.861. The van der Waals surface area contributed by atoms with Gasteiger partial charge in [0.15, 0.2) is 11.5 Å². The number of fused-ring (bicyclic) bond motifs is 1. The lowest BCUT2D eigenvalue weighted by Gasteiger charge is -2.51. The first-order valence-electron chi connectivity index (χ1n) is 7.85. The number of benzene rings is 1. The molecule has 2 aliphatic rings. The Morgan fingerprint density at radius 3 is 2.29 bits per heavy atom.